The Balaban J connectivity index is 2.12. The molecule has 1 aromatic rings. The van der Waals surface area contributed by atoms with E-state index in [0.29, 0.717) is 11.4 Å². The second-order valence-electron chi connectivity index (χ2n) is 6.53. The number of methoxy groups -OCH3 is 1. The second-order valence-corrected chi connectivity index (χ2v) is 8.46. The van der Waals surface area contributed by atoms with Gasteiger partial charge in [0.1, 0.15) is 5.75 Å². The van der Waals surface area contributed by atoms with Gasteiger partial charge in [0.05, 0.1) is 24.6 Å². The molecule has 6 nitrogen and oxygen atoms in total. The molecule has 1 heterocycles. The van der Waals surface area contributed by atoms with Crippen molar-refractivity contribution in [1.29, 1.82) is 0 Å². The van der Waals surface area contributed by atoms with E-state index in [0.717, 1.165) is 11.0 Å². The summed E-state index contributed by atoms with van der Waals surface area (Å²) >= 11 is 0. The van der Waals surface area contributed by atoms with Crippen LogP contribution in [0.4, 0.5) is 10.5 Å². The third-order valence-corrected chi connectivity index (χ3v) is 4.96. The summed E-state index contributed by atoms with van der Waals surface area (Å²) in [5.41, 5.74) is 1.53. The van der Waals surface area contributed by atoms with Crippen molar-refractivity contribution in [1.82, 2.24) is 5.32 Å². The molecule has 7 heteroatoms. The van der Waals surface area contributed by atoms with Gasteiger partial charge >= 0.3 is 6.03 Å². The first-order valence-electron chi connectivity index (χ1n) is 7.28. The van der Waals surface area contributed by atoms with Gasteiger partial charge in [0.25, 0.3) is 0 Å². The zero-order valence-electron chi connectivity index (χ0n) is 13.7. The number of carbonyl (C=O) groups is 1. The summed E-state index contributed by atoms with van der Waals surface area (Å²) in [5, 5.41) is 6.47. The first-order chi connectivity index (χ1) is 10.6. The fraction of sp³-hybridized carbons (Fsp3) is 0.438. The minimum Gasteiger partial charge on any atom is -0.495 e. The lowest BCUT2D eigenvalue weighted by Gasteiger charge is -2.21. The summed E-state index contributed by atoms with van der Waals surface area (Å²) in [5.74, 6) is 0.433. The van der Waals surface area contributed by atoms with Crippen LogP contribution in [0.3, 0.4) is 0 Å². The van der Waals surface area contributed by atoms with Crippen molar-refractivity contribution in [3.8, 4) is 5.75 Å². The summed E-state index contributed by atoms with van der Waals surface area (Å²) in [6.45, 7) is 6.23. The summed E-state index contributed by atoms with van der Waals surface area (Å²) in [6, 6.07) is 4.63. The highest BCUT2D eigenvalue weighted by atomic mass is 32.2. The number of sulfone groups is 1. The van der Waals surface area contributed by atoms with E-state index < -0.39 is 21.9 Å². The molecule has 126 valence electrons. The Labute approximate surface area is 136 Å². The smallest absolute Gasteiger partial charge is 0.319 e. The Bertz CT molecular complexity index is 733. The number of benzene rings is 1. The molecule has 0 aliphatic carbocycles. The van der Waals surface area contributed by atoms with Crippen molar-refractivity contribution in [3.63, 3.8) is 0 Å². The van der Waals surface area contributed by atoms with Crippen molar-refractivity contribution < 1.29 is 17.9 Å². The van der Waals surface area contributed by atoms with Crippen molar-refractivity contribution >= 4 is 21.6 Å². The number of hydrogen-bond acceptors (Lipinski definition) is 4. The number of anilines is 1. The average Bonchev–Trinajstić information content (AvgIpc) is 2.76. The third-order valence-electron chi connectivity index (χ3n) is 3.56. The minimum absolute atomic E-state index is 0.0680. The Kier molecular flexibility index (Phi) is 4.70. The first-order valence-corrected chi connectivity index (χ1v) is 8.99. The Morgan fingerprint density at radius 1 is 1.30 bits per heavy atom. The highest BCUT2D eigenvalue weighted by molar-refractivity contribution is 7.94. The average molecular weight is 338 g/mol. The van der Waals surface area contributed by atoms with Crippen molar-refractivity contribution in [2.75, 3.05) is 18.2 Å². The number of rotatable bonds is 3. The monoisotopic (exact) mass is 338 g/mol. The molecule has 2 amide bonds. The normalized spacial score (nSPS) is 19.4. The molecule has 0 spiro atoms. The zero-order chi connectivity index (χ0) is 17.3. The maximum Gasteiger partial charge on any atom is 0.319 e. The first kappa shape index (κ1) is 17.3. The van der Waals surface area contributed by atoms with Crippen LogP contribution in [0.2, 0.25) is 0 Å². The van der Waals surface area contributed by atoms with Crippen LogP contribution in [0, 0.1) is 0 Å². The van der Waals surface area contributed by atoms with Crippen molar-refractivity contribution in [2.45, 2.75) is 32.2 Å². The van der Waals surface area contributed by atoms with Crippen LogP contribution in [0.1, 0.15) is 26.3 Å². The van der Waals surface area contributed by atoms with E-state index in [2.05, 4.69) is 31.4 Å². The molecule has 1 aliphatic heterocycles. The molecule has 0 bridgehead atoms. The fourth-order valence-electron chi connectivity index (χ4n) is 2.26. The second kappa shape index (κ2) is 6.23. The zero-order valence-corrected chi connectivity index (χ0v) is 14.5. The quantitative estimate of drug-likeness (QED) is 0.886. The number of amides is 2. The Morgan fingerprint density at radius 2 is 2.00 bits per heavy atom. The molecule has 0 saturated carbocycles. The molecule has 2 rings (SSSR count). The van der Waals surface area contributed by atoms with Crippen LogP contribution >= 0.6 is 0 Å². The van der Waals surface area contributed by atoms with Crippen LogP contribution in [-0.2, 0) is 15.3 Å². The lowest BCUT2D eigenvalue weighted by Crippen LogP contribution is -2.38. The Hall–Kier alpha value is -2.02. The number of hydrogen-bond donors (Lipinski definition) is 2. The van der Waals surface area contributed by atoms with Gasteiger partial charge in [0.15, 0.2) is 9.84 Å². The van der Waals surface area contributed by atoms with Gasteiger partial charge in [-0.2, -0.15) is 0 Å². The van der Waals surface area contributed by atoms with Gasteiger partial charge in [0.2, 0.25) is 0 Å². The Morgan fingerprint density at radius 3 is 2.52 bits per heavy atom. The molecule has 1 unspecified atom stereocenters. The highest BCUT2D eigenvalue weighted by Gasteiger charge is 2.23. The summed E-state index contributed by atoms with van der Waals surface area (Å²) in [6.07, 6.45) is 1.47. The molecule has 2 N–H and O–H groups in total. The van der Waals surface area contributed by atoms with Crippen LogP contribution in [0.5, 0.6) is 5.75 Å². The summed E-state index contributed by atoms with van der Waals surface area (Å²) in [7, 11) is -1.67. The topological polar surface area (TPSA) is 84.5 Å². The van der Waals surface area contributed by atoms with E-state index in [1.807, 2.05) is 12.1 Å². The molecule has 1 aromatic carbocycles. The van der Waals surface area contributed by atoms with Crippen LogP contribution in [0.15, 0.2) is 29.7 Å². The SMILES string of the molecule is COc1ccc(C(C)(C)C)cc1NC(=O)NC1C=CS(=O)(=O)C1. The predicted molar refractivity (Wildman–Crippen MR) is 90.6 cm³/mol. The molecular weight excluding hydrogens is 316 g/mol. The predicted octanol–water partition coefficient (Wildman–Crippen LogP) is 2.42. The lowest BCUT2D eigenvalue weighted by molar-refractivity contribution is 0.251. The van der Waals surface area contributed by atoms with E-state index in [1.165, 1.54) is 13.2 Å². The van der Waals surface area contributed by atoms with Crippen LogP contribution in [0.25, 0.3) is 0 Å². The van der Waals surface area contributed by atoms with Gasteiger partial charge < -0.3 is 15.4 Å². The third kappa shape index (κ3) is 4.48. The number of carbonyl (C=O) groups excluding carboxylic acids is 1. The van der Waals surface area contributed by atoms with E-state index in [9.17, 15) is 13.2 Å². The maximum atomic E-state index is 12.1. The highest BCUT2D eigenvalue weighted by Crippen LogP contribution is 2.31. The molecule has 1 aliphatic rings. The number of nitrogens with one attached hydrogen (secondary N) is 2. The van der Waals surface area contributed by atoms with Gasteiger partial charge in [-0.05, 0) is 29.2 Å². The molecule has 0 radical (unpaired) electrons. The molecule has 0 saturated heterocycles. The van der Waals surface area contributed by atoms with Gasteiger partial charge in [-0.3, -0.25) is 0 Å². The molecule has 0 fully saturated rings. The standard InChI is InChI=1S/C16H22N2O4S/c1-16(2,3)11-5-6-14(22-4)13(9-11)18-15(19)17-12-7-8-23(20,21)10-12/h5-9,12H,10H2,1-4H3,(H2,17,18,19). The van der Waals surface area contributed by atoms with Gasteiger partial charge in [-0.15, -0.1) is 0 Å². The number of urea groups is 1. The van der Waals surface area contributed by atoms with Gasteiger partial charge in [-0.25, -0.2) is 13.2 Å². The molecule has 0 aromatic heterocycles. The molecule has 23 heavy (non-hydrogen) atoms. The lowest BCUT2D eigenvalue weighted by atomic mass is 9.87. The van der Waals surface area contributed by atoms with Gasteiger partial charge in [0, 0.05) is 5.41 Å². The van der Waals surface area contributed by atoms with Gasteiger partial charge in [-0.1, -0.05) is 26.8 Å². The van der Waals surface area contributed by atoms with E-state index in [1.54, 1.807) is 6.07 Å². The van der Waals surface area contributed by atoms with Crippen molar-refractivity contribution in [3.05, 3.63) is 35.2 Å². The van der Waals surface area contributed by atoms with Crippen molar-refractivity contribution in [2.24, 2.45) is 0 Å². The molecular formula is C16H22N2O4S. The maximum absolute atomic E-state index is 12.1. The van der Waals surface area contributed by atoms with Crippen LogP contribution < -0.4 is 15.4 Å². The largest absolute Gasteiger partial charge is 0.495 e. The molecule has 1 atom stereocenters. The summed E-state index contributed by atoms with van der Waals surface area (Å²) in [4.78, 5) is 12.1. The number of ether oxygens (including phenoxy) is 1. The summed E-state index contributed by atoms with van der Waals surface area (Å²) < 4.78 is 28.0. The minimum atomic E-state index is -3.20. The van der Waals surface area contributed by atoms with E-state index in [4.69, 9.17) is 4.74 Å². The van der Waals surface area contributed by atoms with Crippen LogP contribution in [-0.4, -0.2) is 33.4 Å². The van der Waals surface area contributed by atoms with E-state index >= 15 is 0 Å². The van der Waals surface area contributed by atoms with E-state index in [-0.39, 0.29) is 11.2 Å². The fourth-order valence-corrected chi connectivity index (χ4v) is 3.50.